The van der Waals surface area contributed by atoms with Gasteiger partial charge in [-0.15, -0.1) is 13.2 Å². The zero-order valence-corrected chi connectivity index (χ0v) is 15.5. The van der Waals surface area contributed by atoms with E-state index in [0.717, 1.165) is 17.0 Å². The van der Waals surface area contributed by atoms with Crippen molar-refractivity contribution in [1.29, 1.82) is 0 Å². The van der Waals surface area contributed by atoms with Gasteiger partial charge in [0.25, 0.3) is 5.91 Å². The number of hydrogen-bond donors (Lipinski definition) is 2. The van der Waals surface area contributed by atoms with Crippen LogP contribution < -0.4 is 20.7 Å². The number of nitrogens with two attached hydrogens (primary N) is 1. The molecular weight excluding hydrogens is 407 g/mol. The smallest absolute Gasteiger partial charge is 0.406 e. The summed E-state index contributed by atoms with van der Waals surface area (Å²) in [7, 11) is 0. The van der Waals surface area contributed by atoms with Gasteiger partial charge in [0.1, 0.15) is 17.6 Å². The van der Waals surface area contributed by atoms with E-state index in [4.69, 9.17) is 5.73 Å². The van der Waals surface area contributed by atoms with Gasteiger partial charge in [0, 0.05) is 12.7 Å². The fraction of sp³-hybridized carbons (Fsp3) is 0.222. The highest BCUT2D eigenvalue weighted by molar-refractivity contribution is 6.21. The van der Waals surface area contributed by atoms with Crippen LogP contribution in [-0.4, -0.2) is 40.3 Å². The minimum atomic E-state index is -4.85. The molecule has 1 fully saturated rings. The van der Waals surface area contributed by atoms with E-state index in [1.165, 1.54) is 36.2 Å². The monoisotopic (exact) mass is 423 g/mol. The van der Waals surface area contributed by atoms with Crippen LogP contribution >= 0.6 is 0 Å². The molecule has 2 aromatic rings. The maximum Gasteiger partial charge on any atom is 0.573 e. The Labute approximate surface area is 168 Å². The first-order valence-corrected chi connectivity index (χ1v) is 8.57. The third-order valence-electron chi connectivity index (χ3n) is 4.24. The predicted molar refractivity (Wildman–Crippen MR) is 98.5 cm³/mol. The van der Waals surface area contributed by atoms with Gasteiger partial charge < -0.3 is 15.4 Å². The maximum atomic E-state index is 12.8. The largest absolute Gasteiger partial charge is 0.573 e. The summed E-state index contributed by atoms with van der Waals surface area (Å²) in [6.07, 6.45) is -3.44. The maximum absolute atomic E-state index is 12.8. The average molecular weight is 423 g/mol. The number of imide groups is 1. The third-order valence-corrected chi connectivity index (χ3v) is 4.24. The number of benzene rings is 1. The number of halogens is 3. The lowest BCUT2D eigenvalue weighted by atomic mass is 10.2. The van der Waals surface area contributed by atoms with Crippen molar-refractivity contribution in [3.63, 3.8) is 0 Å². The molecule has 12 heteroatoms. The van der Waals surface area contributed by atoms with E-state index in [-0.39, 0.29) is 18.1 Å². The Morgan fingerprint density at radius 1 is 1.23 bits per heavy atom. The summed E-state index contributed by atoms with van der Waals surface area (Å²) < 4.78 is 40.7. The summed E-state index contributed by atoms with van der Waals surface area (Å²) in [6.45, 7) is 1.57. The average Bonchev–Trinajstić information content (AvgIpc) is 2.85. The summed E-state index contributed by atoms with van der Waals surface area (Å²) in [5.41, 5.74) is 5.74. The van der Waals surface area contributed by atoms with E-state index in [9.17, 15) is 27.6 Å². The SMILES string of the molecule is CC1C(=O)N(c2ccc(OC(F)(F)F)cc2)C(=O)N1Cc1ccnc(NC(N)=O)c1. The number of nitrogens with zero attached hydrogens (tertiary/aromatic N) is 3. The van der Waals surface area contributed by atoms with Crippen LogP contribution in [0, 0.1) is 0 Å². The van der Waals surface area contributed by atoms with Gasteiger partial charge in [-0.25, -0.2) is 19.5 Å². The number of hydrogen-bond acceptors (Lipinski definition) is 5. The number of nitrogens with one attached hydrogen (secondary N) is 1. The predicted octanol–water partition coefficient (Wildman–Crippen LogP) is 2.83. The Hall–Kier alpha value is -3.83. The number of urea groups is 2. The molecular formula is C18H16F3N5O4. The number of ether oxygens (including phenoxy) is 1. The molecule has 3 N–H and O–H groups in total. The van der Waals surface area contributed by atoms with Crippen LogP contribution in [-0.2, 0) is 11.3 Å². The first kappa shape index (κ1) is 20.9. The first-order chi connectivity index (χ1) is 14.0. The van der Waals surface area contributed by atoms with Crippen molar-refractivity contribution >= 4 is 29.5 Å². The molecule has 2 heterocycles. The van der Waals surface area contributed by atoms with Gasteiger partial charge in [0.05, 0.1) is 5.69 Å². The minimum absolute atomic E-state index is 0.0352. The lowest BCUT2D eigenvalue weighted by Crippen LogP contribution is -2.33. The quantitative estimate of drug-likeness (QED) is 0.717. The molecule has 1 aromatic carbocycles. The fourth-order valence-corrected chi connectivity index (χ4v) is 2.91. The summed E-state index contributed by atoms with van der Waals surface area (Å²) in [5, 5.41) is 2.31. The van der Waals surface area contributed by atoms with Crippen LogP contribution in [0.25, 0.3) is 0 Å². The molecule has 3 rings (SSSR count). The number of anilines is 2. The molecule has 1 saturated heterocycles. The normalized spacial score (nSPS) is 16.7. The highest BCUT2D eigenvalue weighted by Gasteiger charge is 2.43. The van der Waals surface area contributed by atoms with Gasteiger partial charge in [-0.3, -0.25) is 10.1 Å². The Morgan fingerprint density at radius 2 is 1.90 bits per heavy atom. The van der Waals surface area contributed by atoms with Gasteiger partial charge in [-0.2, -0.15) is 0 Å². The molecule has 9 nitrogen and oxygen atoms in total. The standard InChI is InChI=1S/C18H16F3N5O4/c1-10-15(27)26(12-2-4-13(5-3-12)30-18(19,20)21)17(29)25(10)9-11-6-7-23-14(8-11)24-16(22)28/h2-8,10H,9H2,1H3,(H3,22,23,24,28). The van der Waals surface area contributed by atoms with Crippen molar-refractivity contribution < 1.29 is 32.3 Å². The molecule has 1 aliphatic rings. The van der Waals surface area contributed by atoms with Crippen LogP contribution in [0.15, 0.2) is 42.6 Å². The van der Waals surface area contributed by atoms with Crippen LogP contribution in [0.4, 0.5) is 34.3 Å². The molecule has 5 amide bonds. The van der Waals surface area contributed by atoms with Gasteiger partial charge in [0.2, 0.25) is 0 Å². The van der Waals surface area contributed by atoms with Gasteiger partial charge >= 0.3 is 18.4 Å². The van der Waals surface area contributed by atoms with Gasteiger partial charge in [-0.05, 0) is 48.9 Å². The van der Waals surface area contributed by atoms with Crippen molar-refractivity contribution in [2.75, 3.05) is 10.2 Å². The van der Waals surface area contributed by atoms with E-state index >= 15 is 0 Å². The summed E-state index contributed by atoms with van der Waals surface area (Å²) in [6, 6.07) is 5.25. The second kappa shape index (κ2) is 7.89. The van der Waals surface area contributed by atoms with Crippen molar-refractivity contribution in [3.8, 4) is 5.75 Å². The molecule has 0 radical (unpaired) electrons. The Morgan fingerprint density at radius 3 is 2.50 bits per heavy atom. The molecule has 0 aliphatic carbocycles. The van der Waals surface area contributed by atoms with E-state index < -0.39 is 36.1 Å². The summed E-state index contributed by atoms with van der Waals surface area (Å²) in [4.78, 5) is 42.5. The topological polar surface area (TPSA) is 118 Å². The second-order valence-corrected chi connectivity index (χ2v) is 6.34. The number of primary amides is 1. The molecule has 0 spiro atoms. The highest BCUT2D eigenvalue weighted by Crippen LogP contribution is 2.30. The van der Waals surface area contributed by atoms with Gasteiger partial charge in [-0.1, -0.05) is 0 Å². The molecule has 1 aliphatic heterocycles. The zero-order valence-electron chi connectivity index (χ0n) is 15.5. The number of carbonyl (C=O) groups is 3. The molecule has 0 saturated carbocycles. The number of carbonyl (C=O) groups excluding carboxylic acids is 3. The molecule has 1 aromatic heterocycles. The fourth-order valence-electron chi connectivity index (χ4n) is 2.91. The number of aromatic nitrogens is 1. The summed E-state index contributed by atoms with van der Waals surface area (Å²) >= 11 is 0. The molecule has 30 heavy (non-hydrogen) atoms. The minimum Gasteiger partial charge on any atom is -0.406 e. The van der Waals surface area contributed by atoms with Crippen LogP contribution in [0.3, 0.4) is 0 Å². The van der Waals surface area contributed by atoms with Crippen molar-refractivity contribution in [1.82, 2.24) is 9.88 Å². The van der Waals surface area contributed by atoms with E-state index in [1.807, 2.05) is 0 Å². The molecule has 158 valence electrons. The summed E-state index contributed by atoms with van der Waals surface area (Å²) in [5.74, 6) is -0.821. The van der Waals surface area contributed by atoms with Crippen LogP contribution in [0.5, 0.6) is 5.75 Å². The number of alkyl halides is 3. The third kappa shape index (κ3) is 4.59. The lowest BCUT2D eigenvalue weighted by molar-refractivity contribution is -0.274. The molecule has 0 bridgehead atoms. The van der Waals surface area contributed by atoms with E-state index in [0.29, 0.717) is 5.56 Å². The Balaban J connectivity index is 1.78. The number of amides is 5. The first-order valence-electron chi connectivity index (χ1n) is 8.57. The van der Waals surface area contributed by atoms with Gasteiger partial charge in [0.15, 0.2) is 0 Å². The molecule has 1 unspecified atom stereocenters. The number of pyridine rings is 1. The Kier molecular flexibility index (Phi) is 5.49. The number of rotatable bonds is 5. The van der Waals surface area contributed by atoms with Crippen molar-refractivity contribution in [3.05, 3.63) is 48.2 Å². The molecule has 1 atom stereocenters. The second-order valence-electron chi connectivity index (χ2n) is 6.34. The lowest BCUT2D eigenvalue weighted by Gasteiger charge is -2.19. The Bertz CT molecular complexity index is 981. The van der Waals surface area contributed by atoms with Crippen LogP contribution in [0.1, 0.15) is 12.5 Å². The highest BCUT2D eigenvalue weighted by atomic mass is 19.4. The van der Waals surface area contributed by atoms with Crippen LogP contribution in [0.2, 0.25) is 0 Å². The zero-order chi connectivity index (χ0) is 22.1. The van der Waals surface area contributed by atoms with Crippen molar-refractivity contribution in [2.45, 2.75) is 25.9 Å². The van der Waals surface area contributed by atoms with E-state index in [2.05, 4.69) is 15.0 Å². The van der Waals surface area contributed by atoms with Crippen molar-refractivity contribution in [2.24, 2.45) is 5.73 Å². The van der Waals surface area contributed by atoms with E-state index in [1.54, 1.807) is 6.07 Å².